The number of methoxy groups -OCH3 is 1. The summed E-state index contributed by atoms with van der Waals surface area (Å²) in [5.74, 6) is 2.06. The Bertz CT molecular complexity index is 1140. The smallest absolute Gasteiger partial charge is 0.270 e. The van der Waals surface area contributed by atoms with Crippen molar-refractivity contribution < 1.29 is 14.1 Å². The number of carbonyl (C=O) groups is 1. The van der Waals surface area contributed by atoms with E-state index in [1.165, 1.54) is 0 Å². The van der Waals surface area contributed by atoms with E-state index >= 15 is 0 Å². The molecule has 0 bridgehead atoms. The Morgan fingerprint density at radius 1 is 1.21 bits per heavy atom. The van der Waals surface area contributed by atoms with Gasteiger partial charge in [-0.2, -0.15) is 4.98 Å². The van der Waals surface area contributed by atoms with Crippen LogP contribution in [0.5, 0.6) is 5.75 Å². The van der Waals surface area contributed by atoms with E-state index in [1.54, 1.807) is 12.0 Å². The summed E-state index contributed by atoms with van der Waals surface area (Å²) in [7, 11) is 1.65. The first-order valence-corrected chi connectivity index (χ1v) is 9.52. The van der Waals surface area contributed by atoms with Gasteiger partial charge in [0.1, 0.15) is 11.4 Å². The summed E-state index contributed by atoms with van der Waals surface area (Å²) in [6, 6.07) is 17.5. The Morgan fingerprint density at radius 2 is 2.00 bits per heavy atom. The third-order valence-electron chi connectivity index (χ3n) is 5.30. The lowest BCUT2D eigenvalue weighted by atomic mass is 9.99. The summed E-state index contributed by atoms with van der Waals surface area (Å²) < 4.78 is 10.8. The number of nitrogens with zero attached hydrogens (tertiary/aromatic N) is 3. The zero-order chi connectivity index (χ0) is 19.8. The molecule has 7 heteroatoms. The number of hydrogen-bond acceptors (Lipinski definition) is 5. The minimum Gasteiger partial charge on any atom is -0.496 e. The Hall–Kier alpha value is -3.61. The van der Waals surface area contributed by atoms with Gasteiger partial charge in [-0.1, -0.05) is 41.6 Å². The fourth-order valence-corrected chi connectivity index (χ4v) is 3.68. The molecule has 1 amide bonds. The molecule has 7 nitrogen and oxygen atoms in total. The molecule has 0 aliphatic carbocycles. The van der Waals surface area contributed by atoms with E-state index in [0.29, 0.717) is 36.9 Å². The molecule has 0 radical (unpaired) electrons. The van der Waals surface area contributed by atoms with Crippen LogP contribution in [0, 0.1) is 0 Å². The van der Waals surface area contributed by atoms with Gasteiger partial charge in [0.2, 0.25) is 5.89 Å². The highest BCUT2D eigenvalue weighted by Crippen LogP contribution is 2.28. The molecule has 0 atom stereocenters. The molecule has 5 rings (SSSR count). The van der Waals surface area contributed by atoms with E-state index < -0.39 is 0 Å². The molecule has 3 heterocycles. The number of rotatable bonds is 5. The first-order chi connectivity index (χ1) is 14.2. The molecule has 1 N–H and O–H groups in total. The summed E-state index contributed by atoms with van der Waals surface area (Å²) in [5.41, 5.74) is 2.57. The predicted octanol–water partition coefficient (Wildman–Crippen LogP) is 3.39. The van der Waals surface area contributed by atoms with Gasteiger partial charge in [-0.25, -0.2) is 0 Å². The molecule has 0 saturated carbocycles. The van der Waals surface area contributed by atoms with Gasteiger partial charge >= 0.3 is 0 Å². The van der Waals surface area contributed by atoms with Crippen LogP contribution >= 0.6 is 0 Å². The number of fused-ring (bicyclic) bond motifs is 1. The molecule has 2 aromatic heterocycles. The van der Waals surface area contributed by atoms with Crippen molar-refractivity contribution in [2.45, 2.75) is 12.3 Å². The van der Waals surface area contributed by atoms with Crippen LogP contribution in [0.4, 0.5) is 0 Å². The summed E-state index contributed by atoms with van der Waals surface area (Å²) in [5, 5.41) is 5.13. The third kappa shape index (κ3) is 3.24. The van der Waals surface area contributed by atoms with Gasteiger partial charge in [-0.15, -0.1) is 0 Å². The van der Waals surface area contributed by atoms with Crippen molar-refractivity contribution in [3.05, 3.63) is 77.6 Å². The lowest BCUT2D eigenvalue weighted by Gasteiger charge is -2.36. The number of aromatic nitrogens is 3. The number of amides is 1. The van der Waals surface area contributed by atoms with Gasteiger partial charge in [0.15, 0.2) is 5.82 Å². The fraction of sp³-hybridized carbons (Fsp3) is 0.227. The zero-order valence-electron chi connectivity index (χ0n) is 16.0. The average Bonchev–Trinajstić information content (AvgIpc) is 3.34. The van der Waals surface area contributed by atoms with Crippen LogP contribution in [0.25, 0.3) is 10.9 Å². The van der Waals surface area contributed by atoms with Crippen LogP contribution in [-0.4, -0.2) is 46.1 Å². The quantitative estimate of drug-likeness (QED) is 0.567. The van der Waals surface area contributed by atoms with E-state index in [9.17, 15) is 4.79 Å². The summed E-state index contributed by atoms with van der Waals surface area (Å²) in [6.07, 6.45) is 0.540. The summed E-state index contributed by atoms with van der Waals surface area (Å²) >= 11 is 0. The molecule has 1 aliphatic heterocycles. The molecular formula is C22H20N4O3. The summed E-state index contributed by atoms with van der Waals surface area (Å²) in [6.45, 7) is 1.15. The third-order valence-corrected chi connectivity index (χ3v) is 5.30. The van der Waals surface area contributed by atoms with Crippen molar-refractivity contribution in [3.63, 3.8) is 0 Å². The number of para-hydroxylation sites is 2. The van der Waals surface area contributed by atoms with Gasteiger partial charge < -0.3 is 19.1 Å². The number of aromatic amines is 1. The SMILES string of the molecule is COc1ccccc1Cc1noc(C2CN(C(=O)c3cc4ccccc4[nH]3)C2)n1. The second-order valence-corrected chi connectivity index (χ2v) is 7.21. The predicted molar refractivity (Wildman–Crippen MR) is 107 cm³/mol. The van der Waals surface area contributed by atoms with E-state index in [1.807, 2.05) is 54.6 Å². The number of ether oxygens (including phenoxy) is 1. The van der Waals surface area contributed by atoms with E-state index in [4.69, 9.17) is 9.26 Å². The van der Waals surface area contributed by atoms with Crippen molar-refractivity contribution in [1.29, 1.82) is 0 Å². The molecule has 1 aliphatic rings. The lowest BCUT2D eigenvalue weighted by Crippen LogP contribution is -2.48. The van der Waals surface area contributed by atoms with Gasteiger partial charge in [0.05, 0.1) is 13.0 Å². The molecule has 1 fully saturated rings. The Kier molecular flexibility index (Phi) is 4.27. The van der Waals surface area contributed by atoms with Crippen molar-refractivity contribution in [2.75, 3.05) is 20.2 Å². The highest BCUT2D eigenvalue weighted by atomic mass is 16.5. The van der Waals surface area contributed by atoms with Crippen LogP contribution in [-0.2, 0) is 6.42 Å². The fourth-order valence-electron chi connectivity index (χ4n) is 3.68. The monoisotopic (exact) mass is 388 g/mol. The van der Waals surface area contributed by atoms with Crippen LogP contribution in [0.1, 0.15) is 33.7 Å². The van der Waals surface area contributed by atoms with E-state index in [0.717, 1.165) is 22.2 Å². The highest BCUT2D eigenvalue weighted by molar-refractivity contribution is 5.98. The first-order valence-electron chi connectivity index (χ1n) is 9.52. The number of likely N-dealkylation sites (tertiary alicyclic amines) is 1. The van der Waals surface area contributed by atoms with Crippen molar-refractivity contribution in [2.24, 2.45) is 0 Å². The van der Waals surface area contributed by atoms with Gasteiger partial charge in [0.25, 0.3) is 5.91 Å². The molecule has 2 aromatic carbocycles. The van der Waals surface area contributed by atoms with Gasteiger partial charge in [0, 0.05) is 36.0 Å². The number of carbonyl (C=O) groups excluding carboxylic acids is 1. The van der Waals surface area contributed by atoms with Crippen molar-refractivity contribution in [1.82, 2.24) is 20.0 Å². The molecule has 146 valence electrons. The number of nitrogens with one attached hydrogen (secondary N) is 1. The highest BCUT2D eigenvalue weighted by Gasteiger charge is 2.36. The maximum atomic E-state index is 12.7. The Labute approximate surface area is 167 Å². The standard InChI is InChI=1S/C22H20N4O3/c1-28-19-9-5-3-7-15(19)11-20-24-21(29-25-20)16-12-26(13-16)22(27)18-10-14-6-2-4-8-17(14)23-18/h2-10,16,23H,11-13H2,1H3. The Morgan fingerprint density at radius 3 is 2.83 bits per heavy atom. The Balaban J connectivity index is 1.24. The zero-order valence-corrected chi connectivity index (χ0v) is 16.0. The molecule has 29 heavy (non-hydrogen) atoms. The number of H-pyrrole nitrogens is 1. The molecule has 0 spiro atoms. The molecule has 1 saturated heterocycles. The van der Waals surface area contributed by atoms with E-state index in [2.05, 4.69) is 15.1 Å². The normalized spacial score (nSPS) is 14.2. The lowest BCUT2D eigenvalue weighted by molar-refractivity contribution is 0.0564. The minimum absolute atomic E-state index is 0.00814. The van der Waals surface area contributed by atoms with Crippen LogP contribution < -0.4 is 4.74 Å². The van der Waals surface area contributed by atoms with Gasteiger partial charge in [-0.3, -0.25) is 4.79 Å². The number of benzene rings is 2. The topological polar surface area (TPSA) is 84.3 Å². The maximum Gasteiger partial charge on any atom is 0.270 e. The van der Waals surface area contributed by atoms with Crippen molar-refractivity contribution >= 4 is 16.8 Å². The second-order valence-electron chi connectivity index (χ2n) is 7.21. The first kappa shape index (κ1) is 17.5. The largest absolute Gasteiger partial charge is 0.496 e. The minimum atomic E-state index is -0.00814. The molecule has 4 aromatic rings. The van der Waals surface area contributed by atoms with Crippen LogP contribution in [0.2, 0.25) is 0 Å². The maximum absolute atomic E-state index is 12.7. The average molecular weight is 388 g/mol. The van der Waals surface area contributed by atoms with E-state index in [-0.39, 0.29) is 11.8 Å². The van der Waals surface area contributed by atoms with Crippen LogP contribution in [0.15, 0.2) is 59.1 Å². The second kappa shape index (κ2) is 7.09. The molecular weight excluding hydrogens is 368 g/mol. The number of hydrogen-bond donors (Lipinski definition) is 1. The molecule has 0 unspecified atom stereocenters. The van der Waals surface area contributed by atoms with Crippen LogP contribution in [0.3, 0.4) is 0 Å². The summed E-state index contributed by atoms with van der Waals surface area (Å²) in [4.78, 5) is 22.2. The van der Waals surface area contributed by atoms with Crippen molar-refractivity contribution in [3.8, 4) is 5.75 Å². The van der Waals surface area contributed by atoms with Gasteiger partial charge in [-0.05, 0) is 18.2 Å².